The molecule has 2 rings (SSSR count). The molecule has 0 fully saturated rings. The quantitative estimate of drug-likeness (QED) is 0.440. The van der Waals surface area contributed by atoms with Crippen molar-refractivity contribution in [3.8, 4) is 11.5 Å². The zero-order chi connectivity index (χ0) is 14.5. The number of nitrogens with one attached hydrogen (secondary N) is 1. The monoisotopic (exact) mass is 273 g/mol. The standard InChI is InChI=1S/C15H19N3O2/c1-19-10-7-8-12(14(9-10)20-2)15(18-17)11-5-3-4-6-13(11)16/h3-9,15,18H,16-17H2,1-2H3. The van der Waals surface area contributed by atoms with Crippen molar-refractivity contribution in [1.82, 2.24) is 5.43 Å². The molecule has 2 aromatic rings. The number of hydrogen-bond acceptors (Lipinski definition) is 5. The normalized spacial score (nSPS) is 11.9. The van der Waals surface area contributed by atoms with Crippen LogP contribution in [-0.4, -0.2) is 14.2 Å². The highest BCUT2D eigenvalue weighted by atomic mass is 16.5. The molecule has 2 aromatic carbocycles. The predicted octanol–water partition coefficient (Wildman–Crippen LogP) is 1.84. The van der Waals surface area contributed by atoms with E-state index in [1.165, 1.54) is 0 Å². The molecule has 0 aliphatic carbocycles. The van der Waals surface area contributed by atoms with E-state index in [0.717, 1.165) is 16.9 Å². The molecule has 0 aliphatic rings. The number of rotatable bonds is 5. The van der Waals surface area contributed by atoms with Crippen molar-refractivity contribution in [1.29, 1.82) is 0 Å². The number of nitrogens with two attached hydrogens (primary N) is 2. The average molecular weight is 273 g/mol. The van der Waals surface area contributed by atoms with Crippen molar-refractivity contribution in [2.24, 2.45) is 5.84 Å². The summed E-state index contributed by atoms with van der Waals surface area (Å²) in [5, 5.41) is 0. The highest BCUT2D eigenvalue weighted by molar-refractivity contribution is 5.54. The predicted molar refractivity (Wildman–Crippen MR) is 79.6 cm³/mol. The van der Waals surface area contributed by atoms with E-state index in [1.807, 2.05) is 42.5 Å². The van der Waals surface area contributed by atoms with Gasteiger partial charge in [-0.1, -0.05) is 18.2 Å². The summed E-state index contributed by atoms with van der Waals surface area (Å²) in [6.45, 7) is 0. The number of nitrogen functional groups attached to an aromatic ring is 1. The van der Waals surface area contributed by atoms with Gasteiger partial charge in [0.1, 0.15) is 11.5 Å². The Kier molecular flexibility index (Phi) is 4.45. The lowest BCUT2D eigenvalue weighted by atomic mass is 9.97. The molecule has 20 heavy (non-hydrogen) atoms. The van der Waals surface area contributed by atoms with E-state index >= 15 is 0 Å². The lowest BCUT2D eigenvalue weighted by molar-refractivity contribution is 0.387. The maximum Gasteiger partial charge on any atom is 0.127 e. The summed E-state index contributed by atoms with van der Waals surface area (Å²) in [5.41, 5.74) is 11.3. The third-order valence-electron chi connectivity index (χ3n) is 3.23. The van der Waals surface area contributed by atoms with Crippen molar-refractivity contribution in [2.45, 2.75) is 6.04 Å². The fourth-order valence-corrected chi connectivity index (χ4v) is 2.18. The van der Waals surface area contributed by atoms with Gasteiger partial charge in [0.2, 0.25) is 0 Å². The van der Waals surface area contributed by atoms with Crippen LogP contribution in [-0.2, 0) is 0 Å². The number of ether oxygens (including phenoxy) is 2. The van der Waals surface area contributed by atoms with Crippen molar-refractivity contribution in [2.75, 3.05) is 20.0 Å². The fraction of sp³-hybridized carbons (Fsp3) is 0.200. The van der Waals surface area contributed by atoms with E-state index in [1.54, 1.807) is 14.2 Å². The van der Waals surface area contributed by atoms with Gasteiger partial charge in [-0.05, 0) is 23.8 Å². The second kappa shape index (κ2) is 6.27. The van der Waals surface area contributed by atoms with Crippen molar-refractivity contribution in [3.05, 3.63) is 53.6 Å². The molecule has 1 unspecified atom stereocenters. The maximum absolute atomic E-state index is 6.02. The van der Waals surface area contributed by atoms with E-state index in [4.69, 9.17) is 21.1 Å². The first-order chi connectivity index (χ1) is 9.71. The molecule has 0 saturated heterocycles. The van der Waals surface area contributed by atoms with Crippen molar-refractivity contribution in [3.63, 3.8) is 0 Å². The summed E-state index contributed by atoms with van der Waals surface area (Å²) >= 11 is 0. The molecule has 5 nitrogen and oxygen atoms in total. The van der Waals surface area contributed by atoms with Gasteiger partial charge in [-0.2, -0.15) is 0 Å². The first-order valence-corrected chi connectivity index (χ1v) is 6.23. The molecule has 0 radical (unpaired) electrons. The minimum atomic E-state index is -0.253. The van der Waals surface area contributed by atoms with Crippen LogP contribution in [0.5, 0.6) is 11.5 Å². The van der Waals surface area contributed by atoms with Gasteiger partial charge in [0.25, 0.3) is 0 Å². The van der Waals surface area contributed by atoms with Gasteiger partial charge in [-0.15, -0.1) is 0 Å². The fourth-order valence-electron chi connectivity index (χ4n) is 2.18. The third kappa shape index (κ3) is 2.68. The molecule has 1 atom stereocenters. The van der Waals surface area contributed by atoms with Gasteiger partial charge in [-0.25, -0.2) is 5.43 Å². The number of para-hydroxylation sites is 1. The van der Waals surface area contributed by atoms with E-state index in [0.29, 0.717) is 11.4 Å². The van der Waals surface area contributed by atoms with Crippen LogP contribution in [0.3, 0.4) is 0 Å². The van der Waals surface area contributed by atoms with E-state index < -0.39 is 0 Å². The Labute approximate surface area is 118 Å². The molecule has 0 spiro atoms. The molecule has 0 amide bonds. The molecular formula is C15H19N3O2. The number of benzene rings is 2. The van der Waals surface area contributed by atoms with E-state index in [9.17, 15) is 0 Å². The largest absolute Gasteiger partial charge is 0.497 e. The molecule has 0 aliphatic heterocycles. The van der Waals surface area contributed by atoms with Crippen LogP contribution in [0.25, 0.3) is 0 Å². The number of hydrogen-bond donors (Lipinski definition) is 3. The molecule has 106 valence electrons. The maximum atomic E-state index is 6.02. The van der Waals surface area contributed by atoms with Gasteiger partial charge in [-0.3, -0.25) is 5.84 Å². The zero-order valence-corrected chi connectivity index (χ0v) is 11.6. The van der Waals surface area contributed by atoms with Crippen LogP contribution < -0.4 is 26.5 Å². The average Bonchev–Trinajstić information content (AvgIpc) is 2.50. The topological polar surface area (TPSA) is 82.5 Å². The van der Waals surface area contributed by atoms with Crippen LogP contribution in [0.2, 0.25) is 0 Å². The lowest BCUT2D eigenvalue weighted by Gasteiger charge is -2.21. The van der Waals surface area contributed by atoms with E-state index in [2.05, 4.69) is 5.43 Å². The van der Waals surface area contributed by atoms with Gasteiger partial charge in [0, 0.05) is 17.3 Å². The summed E-state index contributed by atoms with van der Waals surface area (Å²) in [6.07, 6.45) is 0. The Morgan fingerprint density at radius 3 is 2.35 bits per heavy atom. The van der Waals surface area contributed by atoms with Crippen LogP contribution in [0.4, 0.5) is 5.69 Å². The second-order valence-electron chi connectivity index (χ2n) is 4.34. The van der Waals surface area contributed by atoms with Gasteiger partial charge in [0.15, 0.2) is 0 Å². The molecule has 0 saturated carbocycles. The van der Waals surface area contributed by atoms with Crippen LogP contribution in [0.1, 0.15) is 17.2 Å². The summed E-state index contributed by atoms with van der Waals surface area (Å²) < 4.78 is 10.6. The van der Waals surface area contributed by atoms with Crippen molar-refractivity contribution >= 4 is 5.69 Å². The highest BCUT2D eigenvalue weighted by Gasteiger charge is 2.19. The summed E-state index contributed by atoms with van der Waals surface area (Å²) in [4.78, 5) is 0. The molecule has 0 bridgehead atoms. The molecule has 5 heteroatoms. The minimum Gasteiger partial charge on any atom is -0.497 e. The first kappa shape index (κ1) is 14.2. The van der Waals surface area contributed by atoms with Gasteiger partial charge < -0.3 is 15.2 Å². The Balaban J connectivity index is 2.49. The van der Waals surface area contributed by atoms with Crippen molar-refractivity contribution < 1.29 is 9.47 Å². The smallest absolute Gasteiger partial charge is 0.127 e. The number of methoxy groups -OCH3 is 2. The summed E-state index contributed by atoms with van der Waals surface area (Å²) in [5.74, 6) is 7.12. The molecule has 5 N–H and O–H groups in total. The Bertz CT molecular complexity index is 587. The third-order valence-corrected chi connectivity index (χ3v) is 3.23. The lowest BCUT2D eigenvalue weighted by Crippen LogP contribution is -2.29. The van der Waals surface area contributed by atoms with Crippen LogP contribution >= 0.6 is 0 Å². The second-order valence-corrected chi connectivity index (χ2v) is 4.34. The highest BCUT2D eigenvalue weighted by Crippen LogP contribution is 2.34. The summed E-state index contributed by atoms with van der Waals surface area (Å²) in [7, 11) is 3.22. The Morgan fingerprint density at radius 1 is 1.00 bits per heavy atom. The Morgan fingerprint density at radius 2 is 1.75 bits per heavy atom. The Hall–Kier alpha value is -2.24. The minimum absolute atomic E-state index is 0.253. The van der Waals surface area contributed by atoms with Gasteiger partial charge >= 0.3 is 0 Å². The first-order valence-electron chi connectivity index (χ1n) is 6.23. The van der Waals surface area contributed by atoms with Crippen LogP contribution in [0.15, 0.2) is 42.5 Å². The summed E-state index contributed by atoms with van der Waals surface area (Å²) in [6, 6.07) is 12.9. The number of hydrazine groups is 1. The van der Waals surface area contributed by atoms with Crippen LogP contribution in [0, 0.1) is 0 Å². The molecule has 0 heterocycles. The molecular weight excluding hydrogens is 254 g/mol. The SMILES string of the molecule is COc1ccc(C(NN)c2ccccc2N)c(OC)c1. The zero-order valence-electron chi connectivity index (χ0n) is 11.6. The number of anilines is 1. The van der Waals surface area contributed by atoms with E-state index in [-0.39, 0.29) is 6.04 Å². The van der Waals surface area contributed by atoms with Gasteiger partial charge in [0.05, 0.1) is 20.3 Å². The molecule has 0 aromatic heterocycles.